The van der Waals surface area contributed by atoms with Crippen LogP contribution < -0.4 is 4.31 Å². The van der Waals surface area contributed by atoms with Crippen molar-refractivity contribution in [3.8, 4) is 0 Å². The molecule has 0 saturated carbocycles. The van der Waals surface area contributed by atoms with E-state index in [-0.39, 0.29) is 25.7 Å². The molecule has 0 spiro atoms. The van der Waals surface area contributed by atoms with Crippen LogP contribution in [0.15, 0.2) is 41.3 Å². The third kappa shape index (κ3) is 4.07. The summed E-state index contributed by atoms with van der Waals surface area (Å²) in [7, 11) is -4.21. The summed E-state index contributed by atoms with van der Waals surface area (Å²) in [6.45, 7) is -0.845. The van der Waals surface area contributed by atoms with Crippen LogP contribution in [0.5, 0.6) is 0 Å². The molecular weight excluding hydrogens is 420 g/mol. The molecule has 5 nitrogen and oxygen atoms in total. The number of carbonyl (C=O) groups is 1. The van der Waals surface area contributed by atoms with Crippen molar-refractivity contribution in [3.05, 3.63) is 56.5 Å². The number of anilines is 1. The molecule has 0 radical (unpaired) electrons. The molecule has 2 aromatic rings. The van der Waals surface area contributed by atoms with Crippen LogP contribution in [-0.4, -0.2) is 26.0 Å². The lowest BCUT2D eigenvalue weighted by atomic mass is 10.3. The second-order valence-corrected chi connectivity index (χ2v) is 8.10. The van der Waals surface area contributed by atoms with Crippen LogP contribution >= 0.6 is 46.4 Å². The predicted octanol–water partition coefficient (Wildman–Crippen LogP) is 4.58. The zero-order chi connectivity index (χ0) is 18.1. The van der Waals surface area contributed by atoms with Gasteiger partial charge in [0, 0.05) is 5.02 Å². The molecule has 24 heavy (non-hydrogen) atoms. The molecule has 128 valence electrons. The summed E-state index contributed by atoms with van der Waals surface area (Å²) in [5, 5.41) is 9.53. The second-order valence-electron chi connectivity index (χ2n) is 4.58. The van der Waals surface area contributed by atoms with E-state index in [0.29, 0.717) is 9.33 Å². The maximum atomic E-state index is 12.8. The van der Waals surface area contributed by atoms with E-state index < -0.39 is 22.5 Å². The van der Waals surface area contributed by atoms with E-state index in [0.717, 1.165) is 0 Å². The van der Waals surface area contributed by atoms with Gasteiger partial charge in [-0.25, -0.2) is 8.42 Å². The fourth-order valence-electron chi connectivity index (χ4n) is 1.86. The Labute approximate surface area is 158 Å². The number of benzene rings is 2. The first-order chi connectivity index (χ1) is 11.1. The number of sulfonamides is 1. The molecule has 1 N–H and O–H groups in total. The van der Waals surface area contributed by atoms with Crippen LogP contribution in [0.3, 0.4) is 0 Å². The highest BCUT2D eigenvalue weighted by Crippen LogP contribution is 2.37. The van der Waals surface area contributed by atoms with Gasteiger partial charge in [-0.15, -0.1) is 0 Å². The van der Waals surface area contributed by atoms with Crippen molar-refractivity contribution in [2.24, 2.45) is 0 Å². The molecule has 0 unspecified atom stereocenters. The van der Waals surface area contributed by atoms with E-state index in [2.05, 4.69) is 0 Å². The average molecular weight is 429 g/mol. The van der Waals surface area contributed by atoms with Crippen molar-refractivity contribution in [3.63, 3.8) is 0 Å². The molecule has 0 aliphatic rings. The highest BCUT2D eigenvalue weighted by atomic mass is 35.5. The van der Waals surface area contributed by atoms with Crippen molar-refractivity contribution in [2.45, 2.75) is 4.90 Å². The summed E-state index contributed by atoms with van der Waals surface area (Å²) in [5.41, 5.74) is -0.0941. The molecule has 0 aliphatic heterocycles. The first kappa shape index (κ1) is 19.1. The average Bonchev–Trinajstić information content (AvgIpc) is 2.49. The lowest BCUT2D eigenvalue weighted by Gasteiger charge is -2.24. The zero-order valence-electron chi connectivity index (χ0n) is 11.7. The van der Waals surface area contributed by atoms with Crippen LogP contribution in [0.2, 0.25) is 20.1 Å². The molecule has 2 rings (SSSR count). The second kappa shape index (κ2) is 7.37. The van der Waals surface area contributed by atoms with Gasteiger partial charge in [-0.05, 0) is 36.4 Å². The Morgan fingerprint density at radius 3 is 2.04 bits per heavy atom. The number of carboxylic acid groups (broad SMARTS) is 1. The van der Waals surface area contributed by atoms with Gasteiger partial charge >= 0.3 is 5.97 Å². The highest BCUT2D eigenvalue weighted by molar-refractivity contribution is 7.92. The Hall–Kier alpha value is -1.18. The predicted molar refractivity (Wildman–Crippen MR) is 95.1 cm³/mol. The number of hydrogen-bond donors (Lipinski definition) is 1. The van der Waals surface area contributed by atoms with Gasteiger partial charge in [0.1, 0.15) is 6.54 Å². The van der Waals surface area contributed by atoms with Gasteiger partial charge in [0.15, 0.2) is 0 Å². The molecule has 0 atom stereocenters. The van der Waals surface area contributed by atoms with Crippen molar-refractivity contribution in [1.82, 2.24) is 0 Å². The maximum absolute atomic E-state index is 12.8. The smallest absolute Gasteiger partial charge is 0.324 e. The highest BCUT2D eigenvalue weighted by Gasteiger charge is 2.29. The first-order valence-electron chi connectivity index (χ1n) is 6.27. The quantitative estimate of drug-likeness (QED) is 0.707. The van der Waals surface area contributed by atoms with Gasteiger partial charge in [-0.2, -0.15) is 0 Å². The van der Waals surface area contributed by atoms with E-state index in [1.165, 1.54) is 36.4 Å². The Morgan fingerprint density at radius 1 is 0.958 bits per heavy atom. The van der Waals surface area contributed by atoms with E-state index in [1.807, 2.05) is 0 Å². The molecule has 0 heterocycles. The van der Waals surface area contributed by atoms with Crippen LogP contribution in [0.4, 0.5) is 5.69 Å². The minimum absolute atomic E-state index is 0.0396. The molecule has 2 aromatic carbocycles. The van der Waals surface area contributed by atoms with Crippen molar-refractivity contribution < 1.29 is 18.3 Å². The molecule has 10 heteroatoms. The topological polar surface area (TPSA) is 74.7 Å². The summed E-state index contributed by atoms with van der Waals surface area (Å²) in [5.74, 6) is -1.37. The molecule has 0 aliphatic carbocycles. The van der Waals surface area contributed by atoms with E-state index >= 15 is 0 Å². The molecule has 0 bridgehead atoms. The van der Waals surface area contributed by atoms with E-state index in [9.17, 15) is 13.2 Å². The monoisotopic (exact) mass is 427 g/mol. The molecule has 0 amide bonds. The third-order valence-corrected chi connectivity index (χ3v) is 5.99. The number of rotatable bonds is 5. The Kier molecular flexibility index (Phi) is 5.88. The fraction of sp³-hybridized carbons (Fsp3) is 0.0714. The van der Waals surface area contributed by atoms with Gasteiger partial charge < -0.3 is 5.11 Å². The normalized spacial score (nSPS) is 11.3. The summed E-state index contributed by atoms with van der Waals surface area (Å²) in [4.78, 5) is 11.0. The Bertz CT molecular complexity index is 884. The number of halogens is 4. The Balaban J connectivity index is 2.63. The van der Waals surface area contributed by atoms with Crippen molar-refractivity contribution in [2.75, 3.05) is 10.8 Å². The summed E-state index contributed by atoms with van der Waals surface area (Å²) in [6.07, 6.45) is 0. The summed E-state index contributed by atoms with van der Waals surface area (Å²) >= 11 is 23.5. The van der Waals surface area contributed by atoms with Crippen molar-refractivity contribution >= 4 is 68.1 Å². The number of nitrogens with zero attached hydrogens (tertiary/aromatic N) is 1. The largest absolute Gasteiger partial charge is 0.480 e. The molecule has 0 aromatic heterocycles. The number of carboxylic acids is 1. The van der Waals surface area contributed by atoms with Crippen molar-refractivity contribution in [1.29, 1.82) is 0 Å². The summed E-state index contributed by atoms with van der Waals surface area (Å²) in [6, 6.07) is 7.72. The molecule has 0 saturated heterocycles. The van der Waals surface area contributed by atoms with Crippen LogP contribution in [0.25, 0.3) is 0 Å². The summed E-state index contributed by atoms with van der Waals surface area (Å²) < 4.78 is 26.3. The first-order valence-corrected chi connectivity index (χ1v) is 9.23. The van der Waals surface area contributed by atoms with Gasteiger partial charge in [0.2, 0.25) is 0 Å². The van der Waals surface area contributed by atoms with Gasteiger partial charge in [0.05, 0.1) is 25.7 Å². The van der Waals surface area contributed by atoms with Crippen LogP contribution in [0.1, 0.15) is 0 Å². The molecular formula is C14H9Cl4NO4S. The zero-order valence-corrected chi connectivity index (χ0v) is 15.6. The van der Waals surface area contributed by atoms with Gasteiger partial charge in [-0.3, -0.25) is 9.10 Å². The fourth-order valence-corrected chi connectivity index (χ4v) is 4.10. The lowest BCUT2D eigenvalue weighted by molar-refractivity contribution is -0.135. The lowest BCUT2D eigenvalue weighted by Crippen LogP contribution is -2.36. The number of aliphatic carboxylic acids is 1. The maximum Gasteiger partial charge on any atom is 0.324 e. The molecule has 0 fully saturated rings. The SMILES string of the molecule is O=C(O)CN(c1cc(Cl)c(Cl)cc1Cl)S(=O)(=O)c1ccc(Cl)cc1. The minimum atomic E-state index is -4.21. The van der Waals surface area contributed by atoms with Gasteiger partial charge in [-0.1, -0.05) is 46.4 Å². The minimum Gasteiger partial charge on any atom is -0.480 e. The number of hydrogen-bond acceptors (Lipinski definition) is 3. The van der Waals surface area contributed by atoms with Crippen LogP contribution in [-0.2, 0) is 14.8 Å². The van der Waals surface area contributed by atoms with Gasteiger partial charge in [0.25, 0.3) is 10.0 Å². The van der Waals surface area contributed by atoms with Crippen LogP contribution in [0, 0.1) is 0 Å². The van der Waals surface area contributed by atoms with E-state index in [4.69, 9.17) is 51.5 Å². The standard InChI is InChI=1S/C14H9Cl4NO4S/c15-8-1-3-9(4-2-8)24(22,23)19(7-14(20)21)13-6-11(17)10(16)5-12(13)18/h1-6H,7H2,(H,20,21). The van der Waals surface area contributed by atoms with E-state index in [1.54, 1.807) is 0 Å². The Morgan fingerprint density at radius 2 is 1.50 bits per heavy atom. The third-order valence-electron chi connectivity index (χ3n) is 2.94.